The van der Waals surface area contributed by atoms with Crippen molar-refractivity contribution in [1.82, 2.24) is 0 Å². The molecule has 3 rings (SSSR count). The van der Waals surface area contributed by atoms with E-state index in [9.17, 15) is 15.4 Å². The van der Waals surface area contributed by atoms with E-state index in [-0.39, 0.29) is 18.0 Å². The molecule has 0 aromatic heterocycles. The van der Waals surface area contributed by atoms with Crippen LogP contribution in [0.4, 0.5) is 0 Å². The van der Waals surface area contributed by atoms with Crippen molar-refractivity contribution in [3.8, 4) is 17.2 Å². The van der Waals surface area contributed by atoms with Crippen LogP contribution >= 0.6 is 0 Å². The van der Waals surface area contributed by atoms with Crippen LogP contribution in [0.3, 0.4) is 0 Å². The van der Waals surface area contributed by atoms with Crippen LogP contribution in [0.25, 0.3) is 12.2 Å². The Hall–Kier alpha value is -3.73. The molecule has 0 heterocycles. The summed E-state index contributed by atoms with van der Waals surface area (Å²) in [5.74, 6) is 0.512. The number of phenolic OH excluding ortho intramolecular Hbond substituents is 2. The highest BCUT2D eigenvalue weighted by Gasteiger charge is 2.05. The Morgan fingerprint density at radius 2 is 1.52 bits per heavy atom. The molecule has 0 spiro atoms. The smallest absolute Gasteiger partial charge is 0.185 e. The normalized spacial score (nSPS) is 11.7. The second-order valence-electron chi connectivity index (χ2n) is 6.77. The lowest BCUT2D eigenvalue weighted by atomic mass is 10.1. The third-order valence-corrected chi connectivity index (χ3v) is 4.47. The Kier molecular flexibility index (Phi) is 6.19. The Bertz CT molecular complexity index is 1050. The Morgan fingerprint density at radius 1 is 0.897 bits per heavy atom. The Balaban J connectivity index is 1.79. The maximum atomic E-state index is 12.3. The Labute approximate surface area is 170 Å². The van der Waals surface area contributed by atoms with Gasteiger partial charge in [-0.05, 0) is 42.3 Å². The summed E-state index contributed by atoms with van der Waals surface area (Å²) in [4.78, 5) is 0. The quantitative estimate of drug-likeness (QED) is 0.210. The highest BCUT2D eigenvalue weighted by atomic mass is 16.5. The summed E-state index contributed by atoms with van der Waals surface area (Å²) in [5, 5.41) is 32.1. The summed E-state index contributed by atoms with van der Waals surface area (Å²) in [6, 6.07) is 17.9. The van der Waals surface area contributed by atoms with Crippen molar-refractivity contribution in [1.29, 1.82) is 0 Å². The molecule has 0 unspecified atom stereocenters. The van der Waals surface area contributed by atoms with Gasteiger partial charge in [-0.25, -0.2) is 4.74 Å². The molecule has 0 amide bonds. The predicted octanol–water partition coefficient (Wildman–Crippen LogP) is 4.71. The molecule has 5 nitrogen and oxygen atoms in total. The van der Waals surface area contributed by atoms with Gasteiger partial charge in [-0.2, -0.15) is 0 Å². The maximum Gasteiger partial charge on any atom is 0.185 e. The topological polar surface area (TPSA) is 75.8 Å². The van der Waals surface area contributed by atoms with E-state index in [0.29, 0.717) is 11.3 Å². The van der Waals surface area contributed by atoms with Crippen LogP contribution in [0.2, 0.25) is 0 Å². The number of hydrogen-bond acceptors (Lipinski definition) is 4. The number of ether oxygens (including phenoxy) is 1. The second kappa shape index (κ2) is 8.97. The lowest BCUT2D eigenvalue weighted by molar-refractivity contribution is -0.469. The van der Waals surface area contributed by atoms with E-state index >= 15 is 0 Å². The zero-order valence-electron chi connectivity index (χ0n) is 16.4. The second-order valence-corrected chi connectivity index (χ2v) is 6.77. The van der Waals surface area contributed by atoms with Gasteiger partial charge in [0, 0.05) is 5.56 Å². The summed E-state index contributed by atoms with van der Waals surface area (Å²) in [5.41, 5.74) is 4.16. The lowest BCUT2D eigenvalue weighted by Gasteiger charge is -2.06. The minimum Gasteiger partial charge on any atom is -0.624 e. The van der Waals surface area contributed by atoms with Crippen molar-refractivity contribution in [3.05, 3.63) is 93.7 Å². The molecule has 0 aliphatic carbocycles. The molecule has 0 atom stereocenters. The highest BCUT2D eigenvalue weighted by molar-refractivity contribution is 5.82. The first kappa shape index (κ1) is 20.0. The number of nitrogens with zero attached hydrogens (tertiary/aromatic N) is 1. The molecule has 5 heteroatoms. The number of aryl methyl sites for hydroxylation is 1. The molecule has 0 saturated heterocycles. The Morgan fingerprint density at radius 3 is 2.17 bits per heavy atom. The van der Waals surface area contributed by atoms with Crippen molar-refractivity contribution in [3.63, 3.8) is 0 Å². The molecule has 0 saturated carbocycles. The van der Waals surface area contributed by atoms with Gasteiger partial charge in [-0.1, -0.05) is 54.1 Å². The molecule has 3 aromatic rings. The fourth-order valence-electron chi connectivity index (χ4n) is 2.84. The summed E-state index contributed by atoms with van der Waals surface area (Å²) in [7, 11) is 1.50. The summed E-state index contributed by atoms with van der Waals surface area (Å²) in [6.07, 6.45) is 5.10. The lowest BCUT2D eigenvalue weighted by Crippen LogP contribution is -2.06. The van der Waals surface area contributed by atoms with Crippen LogP contribution in [0.5, 0.6) is 17.2 Å². The van der Waals surface area contributed by atoms with Crippen LogP contribution in [0.1, 0.15) is 27.8 Å². The SMILES string of the molecule is COc1cc(/C=C/c2ccc(O)c(/C=[N+](/[O-])Cc3ccc(C)cc3)c2)ccc1O. The molecule has 148 valence electrons. The van der Waals surface area contributed by atoms with Gasteiger partial charge in [-0.15, -0.1) is 0 Å². The van der Waals surface area contributed by atoms with E-state index in [4.69, 9.17) is 4.74 Å². The van der Waals surface area contributed by atoms with E-state index in [1.165, 1.54) is 13.3 Å². The van der Waals surface area contributed by atoms with Crippen molar-refractivity contribution >= 4 is 18.4 Å². The van der Waals surface area contributed by atoms with Gasteiger partial charge < -0.3 is 20.2 Å². The van der Waals surface area contributed by atoms with Crippen molar-refractivity contribution < 1.29 is 19.7 Å². The first-order valence-electron chi connectivity index (χ1n) is 9.17. The zero-order valence-corrected chi connectivity index (χ0v) is 16.4. The monoisotopic (exact) mass is 389 g/mol. The number of phenols is 2. The third kappa shape index (κ3) is 5.39. The molecule has 0 bridgehead atoms. The van der Waals surface area contributed by atoms with E-state index in [0.717, 1.165) is 27.0 Å². The van der Waals surface area contributed by atoms with E-state index in [1.54, 1.807) is 36.4 Å². The van der Waals surface area contributed by atoms with Gasteiger partial charge in [0.1, 0.15) is 5.75 Å². The van der Waals surface area contributed by atoms with Crippen LogP contribution in [0.15, 0.2) is 60.7 Å². The molecule has 0 radical (unpaired) electrons. The van der Waals surface area contributed by atoms with Crippen molar-refractivity contribution in [2.24, 2.45) is 0 Å². The summed E-state index contributed by atoms with van der Waals surface area (Å²) < 4.78 is 5.91. The van der Waals surface area contributed by atoms with Crippen molar-refractivity contribution in [2.75, 3.05) is 7.11 Å². The molecular weight excluding hydrogens is 366 g/mol. The number of aromatic hydroxyl groups is 2. The van der Waals surface area contributed by atoms with E-state index in [1.807, 2.05) is 43.3 Å². The van der Waals surface area contributed by atoms with Gasteiger partial charge >= 0.3 is 0 Å². The molecule has 0 aliphatic rings. The standard InChI is InChI=1S/C24H23NO4/c1-17-3-5-20(6-4-17)15-25(28)16-21-13-18(9-11-22(21)26)7-8-19-10-12-23(27)24(14-19)29-2/h3-14,16,26-27H,15H2,1-2H3/b8-7+,25-16+. The first-order valence-corrected chi connectivity index (χ1v) is 9.17. The fourth-order valence-corrected chi connectivity index (χ4v) is 2.84. The maximum absolute atomic E-state index is 12.3. The van der Waals surface area contributed by atoms with Crippen LogP contribution in [-0.4, -0.2) is 28.3 Å². The third-order valence-electron chi connectivity index (χ3n) is 4.47. The number of hydrogen-bond donors (Lipinski definition) is 2. The average Bonchev–Trinajstić information content (AvgIpc) is 2.71. The van der Waals surface area contributed by atoms with E-state index < -0.39 is 0 Å². The summed E-state index contributed by atoms with van der Waals surface area (Å²) in [6.45, 7) is 2.20. The van der Waals surface area contributed by atoms with Crippen molar-refractivity contribution in [2.45, 2.75) is 13.5 Å². The highest BCUT2D eigenvalue weighted by Crippen LogP contribution is 2.27. The van der Waals surface area contributed by atoms with Gasteiger partial charge in [-0.3, -0.25) is 0 Å². The summed E-state index contributed by atoms with van der Waals surface area (Å²) >= 11 is 0. The zero-order chi connectivity index (χ0) is 20.8. The molecule has 2 N–H and O–H groups in total. The van der Waals surface area contributed by atoms with E-state index in [2.05, 4.69) is 0 Å². The molecule has 29 heavy (non-hydrogen) atoms. The number of benzene rings is 3. The number of hydroxylamine groups is 1. The van der Waals surface area contributed by atoms with Gasteiger partial charge in [0.25, 0.3) is 0 Å². The molecule has 0 fully saturated rings. The van der Waals surface area contributed by atoms with Gasteiger partial charge in [0.2, 0.25) is 0 Å². The van der Waals surface area contributed by atoms with Gasteiger partial charge in [0.15, 0.2) is 24.3 Å². The van der Waals surface area contributed by atoms with Crippen LogP contribution < -0.4 is 4.74 Å². The molecular formula is C24H23NO4. The number of methoxy groups -OCH3 is 1. The average molecular weight is 389 g/mol. The predicted molar refractivity (Wildman–Crippen MR) is 115 cm³/mol. The minimum atomic E-state index is 0.0400. The number of rotatable bonds is 6. The van der Waals surface area contributed by atoms with Gasteiger partial charge in [0.05, 0.1) is 12.7 Å². The molecule has 3 aromatic carbocycles. The fraction of sp³-hybridized carbons (Fsp3) is 0.125. The first-order chi connectivity index (χ1) is 13.9. The largest absolute Gasteiger partial charge is 0.624 e. The molecule has 0 aliphatic heterocycles. The van der Waals surface area contributed by atoms with Crippen LogP contribution in [-0.2, 0) is 6.54 Å². The van der Waals surface area contributed by atoms with Crippen LogP contribution in [0, 0.1) is 12.1 Å². The minimum absolute atomic E-state index is 0.0400.